The zero-order valence-electron chi connectivity index (χ0n) is 13.7. The Morgan fingerprint density at radius 3 is 2.64 bits per heavy atom. The summed E-state index contributed by atoms with van der Waals surface area (Å²) >= 11 is 0. The topological polar surface area (TPSA) is 54.9 Å². The van der Waals surface area contributed by atoms with Crippen LogP contribution in [-0.4, -0.2) is 39.4 Å². The van der Waals surface area contributed by atoms with E-state index in [0.717, 1.165) is 50.0 Å². The number of para-hydroxylation sites is 1. The van der Waals surface area contributed by atoms with Crippen LogP contribution >= 0.6 is 24.0 Å². The second-order valence-electron chi connectivity index (χ2n) is 4.48. The van der Waals surface area contributed by atoms with E-state index >= 15 is 0 Å². The molecule has 0 amide bonds. The Labute approximate surface area is 150 Å². The average Bonchev–Trinajstić information content (AvgIpc) is 2.52. The fraction of sp³-hybridized carbons (Fsp3) is 0.562. The SMILES string of the molecule is CCNC(=NCc1ccccc1OC)NCCCOCC.I. The number of aliphatic imine (C=N–C) groups is 1. The van der Waals surface area contributed by atoms with Gasteiger partial charge in [0.15, 0.2) is 5.96 Å². The first-order chi connectivity index (χ1) is 10.3. The van der Waals surface area contributed by atoms with Crippen molar-refractivity contribution in [2.45, 2.75) is 26.8 Å². The quantitative estimate of drug-likeness (QED) is 0.279. The van der Waals surface area contributed by atoms with E-state index in [-0.39, 0.29) is 24.0 Å². The molecule has 0 aliphatic carbocycles. The number of benzene rings is 1. The molecular weight excluding hydrogens is 393 g/mol. The minimum atomic E-state index is 0. The van der Waals surface area contributed by atoms with Crippen molar-refractivity contribution in [3.63, 3.8) is 0 Å². The van der Waals surface area contributed by atoms with Crippen LogP contribution < -0.4 is 15.4 Å². The number of nitrogens with one attached hydrogen (secondary N) is 2. The summed E-state index contributed by atoms with van der Waals surface area (Å²) in [5.74, 6) is 1.69. The Morgan fingerprint density at radius 2 is 1.95 bits per heavy atom. The zero-order chi connectivity index (χ0) is 15.3. The number of rotatable bonds is 9. The predicted octanol–water partition coefficient (Wildman–Crippen LogP) is 2.79. The Kier molecular flexibility index (Phi) is 13.0. The fourth-order valence-electron chi connectivity index (χ4n) is 1.86. The van der Waals surface area contributed by atoms with E-state index in [9.17, 15) is 0 Å². The number of guanidine groups is 1. The van der Waals surface area contributed by atoms with Gasteiger partial charge < -0.3 is 20.1 Å². The van der Waals surface area contributed by atoms with E-state index in [1.165, 1.54) is 0 Å². The summed E-state index contributed by atoms with van der Waals surface area (Å²) in [5.41, 5.74) is 1.08. The van der Waals surface area contributed by atoms with Crippen LogP contribution in [0.15, 0.2) is 29.3 Å². The molecule has 6 heteroatoms. The third-order valence-electron chi connectivity index (χ3n) is 2.91. The second kappa shape index (κ2) is 13.6. The van der Waals surface area contributed by atoms with Crippen molar-refractivity contribution in [2.24, 2.45) is 4.99 Å². The normalized spacial score (nSPS) is 10.8. The van der Waals surface area contributed by atoms with Crippen LogP contribution in [0.25, 0.3) is 0 Å². The summed E-state index contributed by atoms with van der Waals surface area (Å²) in [6.45, 7) is 7.87. The number of halogens is 1. The van der Waals surface area contributed by atoms with Crippen LogP contribution in [0, 0.1) is 0 Å². The van der Waals surface area contributed by atoms with E-state index in [2.05, 4.69) is 22.5 Å². The molecule has 0 bridgehead atoms. The highest BCUT2D eigenvalue weighted by Gasteiger charge is 2.02. The van der Waals surface area contributed by atoms with Gasteiger partial charge in [-0.15, -0.1) is 24.0 Å². The van der Waals surface area contributed by atoms with Gasteiger partial charge in [0, 0.05) is 31.9 Å². The monoisotopic (exact) mass is 421 g/mol. The van der Waals surface area contributed by atoms with E-state index in [1.54, 1.807) is 7.11 Å². The van der Waals surface area contributed by atoms with Crippen LogP contribution in [0.4, 0.5) is 0 Å². The molecule has 1 aromatic carbocycles. The molecule has 0 unspecified atom stereocenters. The van der Waals surface area contributed by atoms with Gasteiger partial charge in [-0.2, -0.15) is 0 Å². The van der Waals surface area contributed by atoms with Gasteiger partial charge in [0.05, 0.1) is 13.7 Å². The molecule has 5 nitrogen and oxygen atoms in total. The number of hydrogen-bond donors (Lipinski definition) is 2. The summed E-state index contributed by atoms with van der Waals surface area (Å²) in [5, 5.41) is 6.54. The van der Waals surface area contributed by atoms with Crippen molar-refractivity contribution in [1.29, 1.82) is 0 Å². The molecule has 0 fully saturated rings. The fourth-order valence-corrected chi connectivity index (χ4v) is 1.86. The van der Waals surface area contributed by atoms with Crippen molar-refractivity contribution >= 4 is 29.9 Å². The van der Waals surface area contributed by atoms with Gasteiger partial charge >= 0.3 is 0 Å². The van der Waals surface area contributed by atoms with Crippen LogP contribution in [0.2, 0.25) is 0 Å². The highest BCUT2D eigenvalue weighted by atomic mass is 127. The first kappa shape index (κ1) is 21.0. The molecule has 0 spiro atoms. The summed E-state index contributed by atoms with van der Waals surface area (Å²) in [7, 11) is 1.68. The number of hydrogen-bond acceptors (Lipinski definition) is 3. The lowest BCUT2D eigenvalue weighted by Crippen LogP contribution is -2.38. The largest absolute Gasteiger partial charge is 0.496 e. The molecule has 0 aromatic heterocycles. The maximum absolute atomic E-state index is 5.34. The molecule has 22 heavy (non-hydrogen) atoms. The van der Waals surface area contributed by atoms with E-state index in [1.807, 2.05) is 31.2 Å². The van der Waals surface area contributed by atoms with Crippen molar-refractivity contribution in [3.05, 3.63) is 29.8 Å². The molecule has 1 rings (SSSR count). The lowest BCUT2D eigenvalue weighted by atomic mass is 10.2. The molecule has 0 heterocycles. The highest BCUT2D eigenvalue weighted by molar-refractivity contribution is 14.0. The standard InChI is InChI=1S/C16H27N3O2.HI/c1-4-17-16(18-11-8-12-21-5-2)19-13-14-9-6-7-10-15(14)20-3;/h6-7,9-10H,4-5,8,11-13H2,1-3H3,(H2,17,18,19);1H. The molecule has 0 radical (unpaired) electrons. The van der Waals surface area contributed by atoms with E-state index < -0.39 is 0 Å². The van der Waals surface area contributed by atoms with Gasteiger partial charge in [0.2, 0.25) is 0 Å². The maximum atomic E-state index is 5.34. The Hall–Kier alpha value is -1.02. The predicted molar refractivity (Wildman–Crippen MR) is 102 cm³/mol. The van der Waals surface area contributed by atoms with E-state index in [4.69, 9.17) is 9.47 Å². The van der Waals surface area contributed by atoms with Crippen LogP contribution in [0.1, 0.15) is 25.8 Å². The van der Waals surface area contributed by atoms with Gasteiger partial charge in [-0.05, 0) is 26.3 Å². The lowest BCUT2D eigenvalue weighted by Gasteiger charge is -2.12. The van der Waals surface area contributed by atoms with Crippen molar-refractivity contribution in [1.82, 2.24) is 10.6 Å². The molecule has 0 saturated carbocycles. The minimum Gasteiger partial charge on any atom is -0.496 e. The maximum Gasteiger partial charge on any atom is 0.191 e. The number of methoxy groups -OCH3 is 1. The van der Waals surface area contributed by atoms with E-state index in [0.29, 0.717) is 6.54 Å². The minimum absolute atomic E-state index is 0. The first-order valence-corrected chi connectivity index (χ1v) is 7.53. The van der Waals surface area contributed by atoms with Gasteiger partial charge in [-0.1, -0.05) is 18.2 Å². The molecule has 0 aliphatic heterocycles. The third-order valence-corrected chi connectivity index (χ3v) is 2.91. The van der Waals surface area contributed by atoms with Crippen LogP contribution in [-0.2, 0) is 11.3 Å². The highest BCUT2D eigenvalue weighted by Crippen LogP contribution is 2.17. The Balaban J connectivity index is 0.00000441. The van der Waals surface area contributed by atoms with Gasteiger partial charge in [0.1, 0.15) is 5.75 Å². The van der Waals surface area contributed by atoms with Gasteiger partial charge in [-0.25, -0.2) is 4.99 Å². The third kappa shape index (κ3) is 8.43. The molecule has 0 saturated heterocycles. The molecule has 126 valence electrons. The van der Waals surface area contributed by atoms with Gasteiger partial charge in [-0.3, -0.25) is 0 Å². The van der Waals surface area contributed by atoms with Crippen molar-refractivity contribution in [2.75, 3.05) is 33.4 Å². The first-order valence-electron chi connectivity index (χ1n) is 7.53. The summed E-state index contributed by atoms with van der Waals surface area (Å²) in [4.78, 5) is 4.58. The average molecular weight is 421 g/mol. The summed E-state index contributed by atoms with van der Waals surface area (Å²) in [6.07, 6.45) is 0.965. The summed E-state index contributed by atoms with van der Waals surface area (Å²) in [6, 6.07) is 7.94. The smallest absolute Gasteiger partial charge is 0.191 e. The van der Waals surface area contributed by atoms with Gasteiger partial charge in [0.25, 0.3) is 0 Å². The number of nitrogens with zero attached hydrogens (tertiary/aromatic N) is 1. The molecule has 0 aliphatic rings. The Morgan fingerprint density at radius 1 is 1.18 bits per heavy atom. The molecule has 1 aromatic rings. The van der Waals surface area contributed by atoms with Crippen LogP contribution in [0.3, 0.4) is 0 Å². The Bertz CT molecular complexity index is 428. The lowest BCUT2D eigenvalue weighted by molar-refractivity contribution is 0.145. The van der Waals surface area contributed by atoms with Crippen molar-refractivity contribution in [3.8, 4) is 5.75 Å². The number of ether oxygens (including phenoxy) is 2. The second-order valence-corrected chi connectivity index (χ2v) is 4.48. The zero-order valence-corrected chi connectivity index (χ0v) is 16.1. The molecule has 2 N–H and O–H groups in total. The molecule has 0 atom stereocenters. The molecular formula is C16H28IN3O2. The van der Waals surface area contributed by atoms with Crippen molar-refractivity contribution < 1.29 is 9.47 Å². The summed E-state index contributed by atoms with van der Waals surface area (Å²) < 4.78 is 10.7. The van der Waals surface area contributed by atoms with Crippen LogP contribution in [0.5, 0.6) is 5.75 Å².